The molecule has 0 saturated carbocycles. The number of carbonyl (C=O) groups is 2. The first-order chi connectivity index (χ1) is 15.6. The molecule has 162 valence electrons. The second-order valence-electron chi connectivity index (χ2n) is 7.44. The molecule has 0 aliphatic carbocycles. The van der Waals surface area contributed by atoms with Crippen molar-refractivity contribution in [3.63, 3.8) is 0 Å². The minimum absolute atomic E-state index is 0.0196. The Kier molecular flexibility index (Phi) is 5.14. The summed E-state index contributed by atoms with van der Waals surface area (Å²) in [5.74, 6) is -0.675. The largest absolute Gasteiger partial charge is 0.507 e. The molecule has 2 aliphatic rings. The highest BCUT2D eigenvalue weighted by molar-refractivity contribution is 7.14. The number of ether oxygens (including phenoxy) is 2. The zero-order valence-electron chi connectivity index (χ0n) is 17.3. The average molecular weight is 449 g/mol. The Morgan fingerprint density at radius 1 is 1.12 bits per heavy atom. The lowest BCUT2D eigenvalue weighted by molar-refractivity contribution is -0.132. The van der Waals surface area contributed by atoms with Gasteiger partial charge in [-0.25, -0.2) is 4.98 Å². The lowest BCUT2D eigenvalue weighted by atomic mass is 9.94. The molecule has 3 heterocycles. The predicted octanol–water partition coefficient (Wildman–Crippen LogP) is 4.10. The molecule has 2 aromatic carbocycles. The van der Waals surface area contributed by atoms with Gasteiger partial charge in [-0.05, 0) is 35.7 Å². The number of amides is 1. The second kappa shape index (κ2) is 8.12. The number of Topliss-reactive ketones (excluding diaryl/α,β-unsaturated/α-hetero) is 1. The van der Waals surface area contributed by atoms with Crippen LogP contribution in [0.3, 0.4) is 0 Å². The number of anilines is 1. The van der Waals surface area contributed by atoms with E-state index in [-0.39, 0.29) is 11.3 Å². The van der Waals surface area contributed by atoms with Gasteiger partial charge in [-0.2, -0.15) is 0 Å². The number of aliphatic hydroxyl groups excluding tert-OH is 1. The number of ketones is 1. The molecular formula is C24H20N2O5S. The highest BCUT2D eigenvalue weighted by Gasteiger charge is 2.48. The fourth-order valence-corrected chi connectivity index (χ4v) is 4.63. The maximum atomic E-state index is 13.1. The smallest absolute Gasteiger partial charge is 0.301 e. The summed E-state index contributed by atoms with van der Waals surface area (Å²) < 4.78 is 11.2. The number of aliphatic hydroxyl groups is 1. The summed E-state index contributed by atoms with van der Waals surface area (Å²) in [7, 11) is 0. The third-order valence-corrected chi connectivity index (χ3v) is 6.36. The molecule has 0 unspecified atom stereocenters. The molecule has 3 aromatic rings. The van der Waals surface area contributed by atoms with Crippen LogP contribution in [0.1, 0.15) is 29.7 Å². The van der Waals surface area contributed by atoms with Crippen molar-refractivity contribution in [1.82, 2.24) is 4.98 Å². The van der Waals surface area contributed by atoms with Crippen LogP contribution in [0.4, 0.5) is 5.13 Å². The van der Waals surface area contributed by atoms with Crippen molar-refractivity contribution < 1.29 is 24.2 Å². The molecule has 0 spiro atoms. The third-order valence-electron chi connectivity index (χ3n) is 5.59. The first-order valence-corrected chi connectivity index (χ1v) is 11.2. The van der Waals surface area contributed by atoms with Crippen molar-refractivity contribution in [2.24, 2.45) is 0 Å². The van der Waals surface area contributed by atoms with E-state index in [1.807, 2.05) is 24.3 Å². The van der Waals surface area contributed by atoms with Crippen molar-refractivity contribution in [3.05, 3.63) is 76.3 Å². The van der Waals surface area contributed by atoms with Crippen molar-refractivity contribution in [3.8, 4) is 11.5 Å². The van der Waals surface area contributed by atoms with Gasteiger partial charge in [0.15, 0.2) is 16.6 Å². The molecule has 1 amide bonds. The Hall–Kier alpha value is -3.65. The summed E-state index contributed by atoms with van der Waals surface area (Å²) in [6, 6.07) is 11.9. The number of rotatable bonds is 4. The number of benzene rings is 2. The topological polar surface area (TPSA) is 89.0 Å². The van der Waals surface area contributed by atoms with Crippen molar-refractivity contribution >= 4 is 33.9 Å². The van der Waals surface area contributed by atoms with Gasteiger partial charge in [0.2, 0.25) is 0 Å². The molecule has 1 saturated heterocycles. The van der Waals surface area contributed by atoms with Gasteiger partial charge < -0.3 is 14.6 Å². The van der Waals surface area contributed by atoms with Gasteiger partial charge in [-0.15, -0.1) is 11.3 Å². The van der Waals surface area contributed by atoms with Gasteiger partial charge in [0.1, 0.15) is 19.0 Å². The van der Waals surface area contributed by atoms with Crippen LogP contribution in [0.25, 0.3) is 5.76 Å². The van der Waals surface area contributed by atoms with Gasteiger partial charge in [0, 0.05) is 17.1 Å². The molecule has 5 rings (SSSR count). The van der Waals surface area contributed by atoms with Crippen molar-refractivity contribution in [2.45, 2.75) is 19.4 Å². The molecule has 2 aliphatic heterocycles. The van der Waals surface area contributed by atoms with Crippen LogP contribution in [-0.4, -0.2) is 35.0 Å². The molecule has 1 fully saturated rings. The maximum absolute atomic E-state index is 13.1. The maximum Gasteiger partial charge on any atom is 0.301 e. The Morgan fingerprint density at radius 2 is 1.88 bits per heavy atom. The van der Waals surface area contributed by atoms with Crippen molar-refractivity contribution in [1.29, 1.82) is 0 Å². The highest BCUT2D eigenvalue weighted by Crippen LogP contribution is 2.43. The quantitative estimate of drug-likeness (QED) is 0.367. The molecule has 1 aromatic heterocycles. The summed E-state index contributed by atoms with van der Waals surface area (Å²) in [6.45, 7) is 2.90. The fourth-order valence-electron chi connectivity index (χ4n) is 3.96. The van der Waals surface area contributed by atoms with Crippen LogP contribution in [0.15, 0.2) is 59.6 Å². The minimum atomic E-state index is -0.791. The molecule has 1 atom stereocenters. The highest BCUT2D eigenvalue weighted by atomic mass is 32.1. The monoisotopic (exact) mass is 448 g/mol. The van der Waals surface area contributed by atoms with Crippen molar-refractivity contribution in [2.75, 3.05) is 18.1 Å². The number of nitrogens with zero attached hydrogens (tertiary/aromatic N) is 2. The third kappa shape index (κ3) is 3.33. The van der Waals surface area contributed by atoms with Crippen LogP contribution in [0, 0.1) is 0 Å². The fraction of sp³-hybridized carbons (Fsp3) is 0.208. The predicted molar refractivity (Wildman–Crippen MR) is 120 cm³/mol. The molecule has 0 radical (unpaired) electrons. The molecule has 0 bridgehead atoms. The summed E-state index contributed by atoms with van der Waals surface area (Å²) in [6.07, 6.45) is 2.45. The first kappa shape index (κ1) is 20.3. The summed E-state index contributed by atoms with van der Waals surface area (Å²) in [5, 5.41) is 13.4. The summed E-state index contributed by atoms with van der Waals surface area (Å²) in [4.78, 5) is 31.8. The SMILES string of the molecule is CCc1ccc([C@@H]2/C(=C(\O)c3ccc4c(c3)OCCO4)C(=O)C(=O)N2c2nccs2)cc1. The summed E-state index contributed by atoms with van der Waals surface area (Å²) in [5.41, 5.74) is 2.25. The van der Waals surface area contributed by atoms with Gasteiger partial charge in [0.25, 0.3) is 5.78 Å². The number of thiazole rings is 1. The first-order valence-electron chi connectivity index (χ1n) is 10.3. The Bertz CT molecular complexity index is 1220. The number of hydrogen-bond acceptors (Lipinski definition) is 7. The number of carbonyl (C=O) groups excluding carboxylic acids is 2. The Morgan fingerprint density at radius 3 is 2.56 bits per heavy atom. The molecule has 32 heavy (non-hydrogen) atoms. The Balaban J connectivity index is 1.67. The normalized spacial score (nSPS) is 19.4. The lowest BCUT2D eigenvalue weighted by Crippen LogP contribution is -2.29. The van der Waals surface area contributed by atoms with Crippen LogP contribution < -0.4 is 14.4 Å². The molecule has 7 nitrogen and oxygen atoms in total. The molecule has 1 N–H and O–H groups in total. The van der Waals surface area contributed by atoms with E-state index in [1.165, 1.54) is 16.2 Å². The van der Waals surface area contributed by atoms with Gasteiger partial charge in [-0.3, -0.25) is 14.5 Å². The standard InChI is InChI=1S/C24H20N2O5S/c1-2-14-3-5-15(6-4-14)20-19(22(28)23(29)26(20)24-25-9-12-32-24)21(27)16-7-8-17-18(13-16)31-11-10-30-17/h3-9,12-13,20,27H,2,10-11H2,1H3/b21-19+/t20-/m1/s1. The van der Waals surface area contributed by atoms with E-state index in [1.54, 1.807) is 29.8 Å². The zero-order valence-corrected chi connectivity index (χ0v) is 18.1. The number of aryl methyl sites for hydroxylation is 1. The molecule has 8 heteroatoms. The minimum Gasteiger partial charge on any atom is -0.507 e. The van der Waals surface area contributed by atoms with Crippen LogP contribution in [0.5, 0.6) is 11.5 Å². The molecular weight excluding hydrogens is 428 g/mol. The van der Waals surface area contributed by atoms with E-state index in [4.69, 9.17) is 9.47 Å². The second-order valence-corrected chi connectivity index (χ2v) is 8.31. The Labute approximate surface area is 188 Å². The van der Waals surface area contributed by atoms with Crippen LogP contribution in [0.2, 0.25) is 0 Å². The van der Waals surface area contributed by atoms with E-state index in [2.05, 4.69) is 11.9 Å². The lowest BCUT2D eigenvalue weighted by Gasteiger charge is -2.23. The zero-order chi connectivity index (χ0) is 22.2. The van der Waals surface area contributed by atoms with Crippen LogP contribution in [-0.2, 0) is 16.0 Å². The van der Waals surface area contributed by atoms with E-state index in [0.717, 1.165) is 17.5 Å². The van der Waals surface area contributed by atoms with Gasteiger partial charge >= 0.3 is 5.91 Å². The number of fused-ring (bicyclic) bond motifs is 1. The van der Waals surface area contributed by atoms with Gasteiger partial charge in [-0.1, -0.05) is 31.2 Å². The van der Waals surface area contributed by atoms with Crippen LogP contribution >= 0.6 is 11.3 Å². The number of hydrogen-bond donors (Lipinski definition) is 1. The van der Waals surface area contributed by atoms with E-state index < -0.39 is 17.7 Å². The van der Waals surface area contributed by atoms with E-state index in [0.29, 0.717) is 35.4 Å². The van der Waals surface area contributed by atoms with E-state index in [9.17, 15) is 14.7 Å². The average Bonchev–Trinajstić information content (AvgIpc) is 3.45. The number of aromatic nitrogens is 1. The van der Waals surface area contributed by atoms with E-state index >= 15 is 0 Å². The summed E-state index contributed by atoms with van der Waals surface area (Å²) >= 11 is 1.26. The van der Waals surface area contributed by atoms with Gasteiger partial charge in [0.05, 0.1) is 11.6 Å².